The molecule has 1 aliphatic heterocycles. The third-order valence-electron chi connectivity index (χ3n) is 5.43. The average Bonchev–Trinajstić information content (AvgIpc) is 3.19. The summed E-state index contributed by atoms with van der Waals surface area (Å²) in [5.74, 6) is 0.438. The van der Waals surface area contributed by atoms with Crippen molar-refractivity contribution < 1.29 is 4.79 Å². The summed E-state index contributed by atoms with van der Waals surface area (Å²) in [6.07, 6.45) is 3.28. The summed E-state index contributed by atoms with van der Waals surface area (Å²) >= 11 is 12.2. The molecule has 1 aromatic carbocycles. The number of hydrogen-bond donors (Lipinski definition) is 1. The van der Waals surface area contributed by atoms with Gasteiger partial charge in [0.15, 0.2) is 0 Å². The van der Waals surface area contributed by atoms with Crippen molar-refractivity contribution in [1.82, 2.24) is 10.2 Å². The summed E-state index contributed by atoms with van der Waals surface area (Å²) in [4.78, 5) is 14.7. The van der Waals surface area contributed by atoms with E-state index < -0.39 is 0 Å². The number of nitrogens with zero attached hydrogens (tertiary/aromatic N) is 1. The summed E-state index contributed by atoms with van der Waals surface area (Å²) in [6.45, 7) is 4.09. The molecule has 0 bridgehead atoms. The Bertz CT molecular complexity index is 587. The molecule has 3 nitrogen and oxygen atoms in total. The smallest absolute Gasteiger partial charge is 0.226 e. The molecule has 3 rings (SSSR count). The Kier molecular flexibility index (Phi) is 5.89. The first-order valence-electron chi connectivity index (χ1n) is 7.87. The molecule has 1 amide bonds. The van der Waals surface area contributed by atoms with E-state index in [2.05, 4.69) is 5.32 Å². The maximum absolute atomic E-state index is 12.8. The zero-order valence-corrected chi connectivity index (χ0v) is 15.8. The van der Waals surface area contributed by atoms with Gasteiger partial charge in [-0.25, -0.2) is 0 Å². The van der Waals surface area contributed by atoms with Crippen molar-refractivity contribution in [3.63, 3.8) is 0 Å². The largest absolute Gasteiger partial charge is 0.339 e. The molecule has 0 radical (unpaired) electrons. The minimum atomic E-state index is -0.0448. The van der Waals surface area contributed by atoms with E-state index >= 15 is 0 Å². The highest BCUT2D eigenvalue weighted by Gasteiger charge is 2.58. The lowest BCUT2D eigenvalue weighted by atomic mass is 9.91. The van der Waals surface area contributed by atoms with Crippen molar-refractivity contribution >= 4 is 41.5 Å². The van der Waals surface area contributed by atoms with Crippen LogP contribution < -0.4 is 5.32 Å². The first-order chi connectivity index (χ1) is 10.4. The molecule has 2 unspecified atom stereocenters. The number of carbonyl (C=O) groups excluding carboxylic acids is 1. The lowest BCUT2D eigenvalue weighted by Crippen LogP contribution is -2.35. The third kappa shape index (κ3) is 3.63. The number of benzene rings is 1. The normalized spacial score (nSPS) is 23.0. The van der Waals surface area contributed by atoms with Crippen LogP contribution in [0.5, 0.6) is 0 Å². The number of rotatable bonds is 3. The molecule has 1 saturated carbocycles. The molecule has 2 fully saturated rings. The molecule has 128 valence electrons. The average molecular weight is 378 g/mol. The molecule has 2 aliphatic rings. The number of amides is 1. The molecule has 1 aromatic rings. The minimum absolute atomic E-state index is 0. The minimum Gasteiger partial charge on any atom is -0.339 e. The second-order valence-electron chi connectivity index (χ2n) is 6.66. The van der Waals surface area contributed by atoms with E-state index in [4.69, 9.17) is 23.2 Å². The Hall–Kier alpha value is -0.480. The Morgan fingerprint density at radius 2 is 2.00 bits per heavy atom. The summed E-state index contributed by atoms with van der Waals surface area (Å²) < 4.78 is 0. The molecular weight excluding hydrogens is 355 g/mol. The van der Waals surface area contributed by atoms with Gasteiger partial charge in [0.05, 0.1) is 6.04 Å². The summed E-state index contributed by atoms with van der Waals surface area (Å²) in [6, 6.07) is 5.42. The number of hydrogen-bond acceptors (Lipinski definition) is 2. The highest BCUT2D eigenvalue weighted by molar-refractivity contribution is 6.35. The molecule has 1 N–H and O–H groups in total. The Morgan fingerprint density at radius 1 is 1.35 bits per heavy atom. The van der Waals surface area contributed by atoms with Crippen LogP contribution in [-0.2, 0) is 4.79 Å². The van der Waals surface area contributed by atoms with Gasteiger partial charge in [-0.3, -0.25) is 4.79 Å². The number of carbonyl (C=O) groups is 1. The van der Waals surface area contributed by atoms with Gasteiger partial charge >= 0.3 is 0 Å². The third-order valence-corrected chi connectivity index (χ3v) is 5.99. The van der Waals surface area contributed by atoms with Crippen molar-refractivity contribution in [2.24, 2.45) is 11.3 Å². The maximum atomic E-state index is 12.8. The van der Waals surface area contributed by atoms with Crippen molar-refractivity contribution in [1.29, 1.82) is 0 Å². The van der Waals surface area contributed by atoms with Gasteiger partial charge < -0.3 is 10.2 Å². The fourth-order valence-corrected chi connectivity index (χ4v) is 4.23. The first kappa shape index (κ1) is 18.9. The second kappa shape index (κ2) is 7.18. The molecule has 1 spiro atoms. The number of piperidine rings is 1. The van der Waals surface area contributed by atoms with E-state index in [0.29, 0.717) is 10.0 Å². The number of halogens is 3. The topological polar surface area (TPSA) is 32.3 Å². The van der Waals surface area contributed by atoms with Crippen molar-refractivity contribution in [3.05, 3.63) is 33.8 Å². The van der Waals surface area contributed by atoms with E-state index in [0.717, 1.165) is 37.9 Å². The maximum Gasteiger partial charge on any atom is 0.226 e. The van der Waals surface area contributed by atoms with E-state index in [1.807, 2.05) is 31.0 Å². The lowest BCUT2D eigenvalue weighted by Gasteiger charge is -2.29. The van der Waals surface area contributed by atoms with Crippen molar-refractivity contribution in [2.75, 3.05) is 20.1 Å². The van der Waals surface area contributed by atoms with Crippen LogP contribution in [0.2, 0.25) is 10.0 Å². The quantitative estimate of drug-likeness (QED) is 0.850. The van der Waals surface area contributed by atoms with E-state index in [9.17, 15) is 4.79 Å². The van der Waals surface area contributed by atoms with E-state index in [-0.39, 0.29) is 35.7 Å². The van der Waals surface area contributed by atoms with Gasteiger partial charge in [-0.1, -0.05) is 29.3 Å². The van der Waals surface area contributed by atoms with Crippen LogP contribution in [0.3, 0.4) is 0 Å². The molecule has 1 saturated heterocycles. The predicted octanol–water partition coefficient (Wildman–Crippen LogP) is 4.32. The van der Waals surface area contributed by atoms with Crippen LogP contribution in [-0.4, -0.2) is 30.9 Å². The SMILES string of the molecule is CC(c1ccc(Cl)cc1Cl)N(C)C(=O)C1CC12CCNCC2.Cl. The highest BCUT2D eigenvalue weighted by Crippen LogP contribution is 2.59. The molecular formula is C17H23Cl3N2O. The van der Waals surface area contributed by atoms with Crippen LogP contribution in [0.1, 0.15) is 37.8 Å². The fourth-order valence-electron chi connectivity index (χ4n) is 3.66. The molecule has 1 heterocycles. The van der Waals surface area contributed by atoms with Gasteiger partial charge in [0, 0.05) is 23.0 Å². The number of nitrogens with one attached hydrogen (secondary N) is 1. The second-order valence-corrected chi connectivity index (χ2v) is 7.50. The summed E-state index contributed by atoms with van der Waals surface area (Å²) in [7, 11) is 1.88. The standard InChI is InChI=1S/C17H22Cl2N2O.ClH/c1-11(13-4-3-12(18)9-15(13)19)21(2)16(22)14-10-17(14)5-7-20-8-6-17;/h3-4,9,11,14,20H,5-8,10H2,1-2H3;1H. The zero-order valence-electron chi connectivity index (χ0n) is 13.4. The van der Waals surface area contributed by atoms with Crippen LogP contribution in [0, 0.1) is 11.3 Å². The first-order valence-corrected chi connectivity index (χ1v) is 8.62. The predicted molar refractivity (Wildman–Crippen MR) is 97.5 cm³/mol. The van der Waals surface area contributed by atoms with Crippen molar-refractivity contribution in [3.8, 4) is 0 Å². The Morgan fingerprint density at radius 3 is 2.61 bits per heavy atom. The Balaban J connectivity index is 0.00000192. The molecule has 2 atom stereocenters. The van der Waals surface area contributed by atoms with Gasteiger partial charge in [-0.05, 0) is 62.4 Å². The molecule has 23 heavy (non-hydrogen) atoms. The molecule has 6 heteroatoms. The van der Waals surface area contributed by atoms with Crippen LogP contribution in [0.15, 0.2) is 18.2 Å². The zero-order chi connectivity index (χ0) is 15.9. The molecule has 1 aliphatic carbocycles. The van der Waals surface area contributed by atoms with E-state index in [1.54, 1.807) is 6.07 Å². The van der Waals surface area contributed by atoms with Crippen LogP contribution >= 0.6 is 35.6 Å². The Labute approximate surface area is 154 Å². The van der Waals surface area contributed by atoms with Crippen LogP contribution in [0.4, 0.5) is 0 Å². The van der Waals surface area contributed by atoms with Gasteiger partial charge in [-0.2, -0.15) is 0 Å². The van der Waals surface area contributed by atoms with Gasteiger partial charge in [0.25, 0.3) is 0 Å². The highest BCUT2D eigenvalue weighted by atomic mass is 35.5. The van der Waals surface area contributed by atoms with Crippen LogP contribution in [0.25, 0.3) is 0 Å². The summed E-state index contributed by atoms with van der Waals surface area (Å²) in [5, 5.41) is 4.61. The van der Waals surface area contributed by atoms with Gasteiger partial charge in [-0.15, -0.1) is 12.4 Å². The van der Waals surface area contributed by atoms with E-state index in [1.165, 1.54) is 0 Å². The molecule has 0 aromatic heterocycles. The van der Waals surface area contributed by atoms with Crippen molar-refractivity contribution in [2.45, 2.75) is 32.2 Å². The lowest BCUT2D eigenvalue weighted by molar-refractivity contribution is -0.134. The van der Waals surface area contributed by atoms with Gasteiger partial charge in [0.1, 0.15) is 0 Å². The monoisotopic (exact) mass is 376 g/mol. The summed E-state index contributed by atoms with van der Waals surface area (Å²) in [5.41, 5.74) is 1.21. The van der Waals surface area contributed by atoms with Gasteiger partial charge in [0.2, 0.25) is 5.91 Å². The fraction of sp³-hybridized carbons (Fsp3) is 0.588.